The summed E-state index contributed by atoms with van der Waals surface area (Å²) in [5.41, 5.74) is 1.71. The maximum atomic E-state index is 13.8. The number of hydrogen-bond donors (Lipinski definition) is 1. The van der Waals surface area contributed by atoms with Crippen molar-refractivity contribution in [3.05, 3.63) is 56.7 Å². The number of thiazole rings is 2. The monoisotopic (exact) mass is 401 g/mol. The molecular formula is C20H20FN3OS2. The highest BCUT2D eigenvalue weighted by Gasteiger charge is 2.16. The molecule has 1 aliphatic carbocycles. The van der Waals surface area contributed by atoms with Gasteiger partial charge in [-0.1, -0.05) is 12.1 Å². The lowest BCUT2D eigenvalue weighted by Crippen LogP contribution is -2.23. The van der Waals surface area contributed by atoms with Gasteiger partial charge in [-0.3, -0.25) is 4.79 Å². The lowest BCUT2D eigenvalue weighted by Gasteiger charge is -2.06. The maximum absolute atomic E-state index is 13.8. The third-order valence-corrected chi connectivity index (χ3v) is 6.82. The second-order valence-electron chi connectivity index (χ2n) is 6.55. The van der Waals surface area contributed by atoms with E-state index in [1.165, 1.54) is 58.4 Å². The van der Waals surface area contributed by atoms with Gasteiger partial charge in [0, 0.05) is 23.4 Å². The van der Waals surface area contributed by atoms with Crippen molar-refractivity contribution >= 4 is 28.6 Å². The predicted octanol–water partition coefficient (Wildman–Crippen LogP) is 4.65. The molecule has 0 spiro atoms. The Balaban J connectivity index is 1.28. The van der Waals surface area contributed by atoms with Crippen LogP contribution in [0, 0.1) is 5.82 Å². The van der Waals surface area contributed by atoms with E-state index in [4.69, 9.17) is 4.98 Å². The molecule has 0 atom stereocenters. The molecule has 1 N–H and O–H groups in total. The van der Waals surface area contributed by atoms with Crippen LogP contribution in [0.3, 0.4) is 0 Å². The molecule has 3 aromatic rings. The number of nitrogens with one attached hydrogen (secondary N) is 1. The van der Waals surface area contributed by atoms with Gasteiger partial charge < -0.3 is 5.32 Å². The SMILES string of the molecule is O=C(NCCCc1nc2c(s1)CCCC2)c1cnc(-c2ccccc2F)s1. The molecule has 0 aliphatic heterocycles. The van der Waals surface area contributed by atoms with Crippen LogP contribution in [-0.2, 0) is 19.3 Å². The van der Waals surface area contributed by atoms with Crippen LogP contribution >= 0.6 is 22.7 Å². The third kappa shape index (κ3) is 4.25. The summed E-state index contributed by atoms with van der Waals surface area (Å²) in [6.07, 6.45) is 8.05. The normalized spacial score (nSPS) is 13.4. The molecule has 1 amide bonds. The average Bonchev–Trinajstić information content (AvgIpc) is 3.32. The van der Waals surface area contributed by atoms with Gasteiger partial charge in [-0.15, -0.1) is 22.7 Å². The molecule has 4 nitrogen and oxygen atoms in total. The van der Waals surface area contributed by atoms with Crippen LogP contribution in [0.25, 0.3) is 10.6 Å². The van der Waals surface area contributed by atoms with Gasteiger partial charge in [0.15, 0.2) is 0 Å². The number of rotatable bonds is 6. The highest BCUT2D eigenvalue weighted by atomic mass is 32.1. The summed E-state index contributed by atoms with van der Waals surface area (Å²) in [5.74, 6) is -0.488. The van der Waals surface area contributed by atoms with Crippen LogP contribution in [-0.4, -0.2) is 22.4 Å². The molecule has 140 valence electrons. The zero-order valence-electron chi connectivity index (χ0n) is 14.8. The van der Waals surface area contributed by atoms with Gasteiger partial charge >= 0.3 is 0 Å². The quantitative estimate of drug-likeness (QED) is 0.612. The Morgan fingerprint density at radius 1 is 1.19 bits per heavy atom. The number of amides is 1. The second kappa shape index (κ2) is 8.27. The topological polar surface area (TPSA) is 54.9 Å². The van der Waals surface area contributed by atoms with Crippen molar-refractivity contribution in [2.75, 3.05) is 6.54 Å². The molecule has 0 bridgehead atoms. The molecule has 4 rings (SSSR count). The fraction of sp³-hybridized carbons (Fsp3) is 0.350. The number of carbonyl (C=O) groups excluding carboxylic acids is 1. The summed E-state index contributed by atoms with van der Waals surface area (Å²) in [6.45, 7) is 0.593. The fourth-order valence-corrected chi connectivity index (χ4v) is 5.24. The average molecular weight is 402 g/mol. The van der Waals surface area contributed by atoms with Gasteiger partial charge in [-0.05, 0) is 44.2 Å². The van der Waals surface area contributed by atoms with Crippen molar-refractivity contribution in [1.29, 1.82) is 0 Å². The minimum atomic E-state index is -0.329. The van der Waals surface area contributed by atoms with Crippen molar-refractivity contribution in [3.63, 3.8) is 0 Å². The first-order chi connectivity index (χ1) is 13.2. The van der Waals surface area contributed by atoms with Crippen LogP contribution in [0.15, 0.2) is 30.5 Å². The van der Waals surface area contributed by atoms with E-state index < -0.39 is 0 Å². The van der Waals surface area contributed by atoms with E-state index in [-0.39, 0.29) is 11.7 Å². The van der Waals surface area contributed by atoms with Crippen molar-refractivity contribution in [2.45, 2.75) is 38.5 Å². The molecule has 1 aromatic carbocycles. The fourth-order valence-electron chi connectivity index (χ4n) is 3.18. The minimum Gasteiger partial charge on any atom is -0.351 e. The molecule has 1 aliphatic rings. The lowest BCUT2D eigenvalue weighted by molar-refractivity contribution is 0.0957. The van der Waals surface area contributed by atoms with Gasteiger partial charge in [0.2, 0.25) is 0 Å². The Hall–Kier alpha value is -2.12. The Morgan fingerprint density at radius 2 is 2.04 bits per heavy atom. The first-order valence-electron chi connectivity index (χ1n) is 9.17. The molecule has 2 heterocycles. The van der Waals surface area contributed by atoms with E-state index >= 15 is 0 Å². The molecule has 7 heteroatoms. The number of aryl methyl sites for hydroxylation is 3. The number of nitrogens with zero attached hydrogens (tertiary/aromatic N) is 2. The van der Waals surface area contributed by atoms with E-state index in [2.05, 4.69) is 10.3 Å². The van der Waals surface area contributed by atoms with Gasteiger partial charge in [-0.25, -0.2) is 14.4 Å². The van der Waals surface area contributed by atoms with Crippen LogP contribution in [0.1, 0.15) is 44.5 Å². The smallest absolute Gasteiger partial charge is 0.263 e. The molecule has 0 radical (unpaired) electrons. The number of benzene rings is 1. The lowest BCUT2D eigenvalue weighted by atomic mass is 10.0. The first-order valence-corrected chi connectivity index (χ1v) is 10.8. The van der Waals surface area contributed by atoms with Gasteiger partial charge in [-0.2, -0.15) is 0 Å². The van der Waals surface area contributed by atoms with E-state index in [1.54, 1.807) is 18.2 Å². The largest absolute Gasteiger partial charge is 0.351 e. The van der Waals surface area contributed by atoms with Gasteiger partial charge in [0.25, 0.3) is 5.91 Å². The van der Waals surface area contributed by atoms with E-state index in [1.807, 2.05) is 11.3 Å². The third-order valence-electron chi connectivity index (χ3n) is 4.58. The van der Waals surface area contributed by atoms with E-state index in [0.29, 0.717) is 22.0 Å². The summed E-state index contributed by atoms with van der Waals surface area (Å²) in [5, 5.41) is 4.62. The highest BCUT2D eigenvalue weighted by Crippen LogP contribution is 2.28. The summed E-state index contributed by atoms with van der Waals surface area (Å²) < 4.78 is 13.8. The molecular weight excluding hydrogens is 381 g/mol. The van der Waals surface area contributed by atoms with Crippen LogP contribution < -0.4 is 5.32 Å². The Morgan fingerprint density at radius 3 is 2.89 bits per heavy atom. The number of hydrogen-bond acceptors (Lipinski definition) is 5. The van der Waals surface area contributed by atoms with E-state index in [0.717, 1.165) is 19.3 Å². The number of halogens is 1. The van der Waals surface area contributed by atoms with Crippen LogP contribution in [0.2, 0.25) is 0 Å². The summed E-state index contributed by atoms with van der Waals surface area (Å²) in [7, 11) is 0. The van der Waals surface area contributed by atoms with Crippen molar-refractivity contribution in [3.8, 4) is 10.6 Å². The first kappa shape index (κ1) is 18.3. The van der Waals surface area contributed by atoms with E-state index in [9.17, 15) is 9.18 Å². The molecule has 0 saturated heterocycles. The molecule has 27 heavy (non-hydrogen) atoms. The predicted molar refractivity (Wildman–Crippen MR) is 107 cm³/mol. The summed E-state index contributed by atoms with van der Waals surface area (Å²) >= 11 is 3.03. The zero-order chi connectivity index (χ0) is 18.6. The Labute approximate surface area is 165 Å². The maximum Gasteiger partial charge on any atom is 0.263 e. The Bertz CT molecular complexity index is 927. The van der Waals surface area contributed by atoms with Crippen molar-refractivity contribution < 1.29 is 9.18 Å². The number of aromatic nitrogens is 2. The van der Waals surface area contributed by atoms with Gasteiger partial charge in [0.05, 0.1) is 16.9 Å². The standard InChI is InChI=1S/C20H20FN3OS2/c21-14-7-2-1-6-13(14)20-23-12-17(27-20)19(25)22-11-5-10-18-24-15-8-3-4-9-16(15)26-18/h1-2,6-7,12H,3-5,8-11H2,(H,22,25). The molecule has 2 aromatic heterocycles. The van der Waals surface area contributed by atoms with Crippen molar-refractivity contribution in [2.24, 2.45) is 0 Å². The van der Waals surface area contributed by atoms with Crippen LogP contribution in [0.4, 0.5) is 4.39 Å². The number of carbonyl (C=O) groups is 1. The number of fused-ring (bicyclic) bond motifs is 1. The molecule has 0 unspecified atom stereocenters. The van der Waals surface area contributed by atoms with Crippen molar-refractivity contribution in [1.82, 2.24) is 15.3 Å². The molecule has 0 fully saturated rings. The molecule has 0 saturated carbocycles. The summed E-state index contributed by atoms with van der Waals surface area (Å²) in [6, 6.07) is 6.46. The summed E-state index contributed by atoms with van der Waals surface area (Å²) in [4.78, 5) is 23.2. The second-order valence-corrected chi connectivity index (χ2v) is 8.75. The Kier molecular flexibility index (Phi) is 5.59. The van der Waals surface area contributed by atoms with Crippen LogP contribution in [0.5, 0.6) is 0 Å². The highest BCUT2D eigenvalue weighted by molar-refractivity contribution is 7.16. The zero-order valence-corrected chi connectivity index (χ0v) is 16.5. The minimum absolute atomic E-state index is 0.159. The van der Waals surface area contributed by atoms with Gasteiger partial charge in [0.1, 0.15) is 15.7 Å².